The van der Waals surface area contributed by atoms with E-state index in [4.69, 9.17) is 11.6 Å². The standard InChI is InChI=1S/C10H20N4O2/c1-6(10(16)13-12)7(2)14-4-3-8(5-14)9(11)15/h6-8H,3-5,12H2,1-2H3,(H2,11,15)(H,13,16). The van der Waals surface area contributed by atoms with E-state index in [0.717, 1.165) is 13.0 Å². The van der Waals surface area contributed by atoms with E-state index in [1.165, 1.54) is 0 Å². The van der Waals surface area contributed by atoms with Crippen molar-refractivity contribution >= 4 is 11.8 Å². The number of amides is 2. The van der Waals surface area contributed by atoms with Crippen LogP contribution in [0.25, 0.3) is 0 Å². The van der Waals surface area contributed by atoms with Crippen molar-refractivity contribution in [3.8, 4) is 0 Å². The van der Waals surface area contributed by atoms with Gasteiger partial charge >= 0.3 is 0 Å². The molecule has 5 N–H and O–H groups in total. The predicted octanol–water partition coefficient (Wildman–Crippen LogP) is -1.19. The number of nitrogens with two attached hydrogens (primary N) is 2. The smallest absolute Gasteiger partial charge is 0.238 e. The van der Waals surface area contributed by atoms with Gasteiger partial charge in [-0.1, -0.05) is 6.92 Å². The van der Waals surface area contributed by atoms with Crippen LogP contribution in [0.2, 0.25) is 0 Å². The number of primary amides is 1. The third-order valence-corrected chi connectivity index (χ3v) is 3.48. The summed E-state index contributed by atoms with van der Waals surface area (Å²) in [6.07, 6.45) is 0.774. The van der Waals surface area contributed by atoms with E-state index in [1.807, 2.05) is 13.8 Å². The van der Waals surface area contributed by atoms with Crippen LogP contribution in [0.5, 0.6) is 0 Å². The highest BCUT2D eigenvalue weighted by Crippen LogP contribution is 2.21. The van der Waals surface area contributed by atoms with E-state index in [0.29, 0.717) is 6.54 Å². The second kappa shape index (κ2) is 5.27. The zero-order valence-corrected chi connectivity index (χ0v) is 9.77. The van der Waals surface area contributed by atoms with Gasteiger partial charge in [-0.2, -0.15) is 0 Å². The SMILES string of the molecule is CC(C(=O)NN)C(C)N1CCC(C(N)=O)C1. The van der Waals surface area contributed by atoms with E-state index >= 15 is 0 Å². The monoisotopic (exact) mass is 228 g/mol. The number of nitrogens with one attached hydrogen (secondary N) is 1. The molecule has 3 unspecified atom stereocenters. The average molecular weight is 228 g/mol. The van der Waals surface area contributed by atoms with Gasteiger partial charge in [-0.3, -0.25) is 19.9 Å². The lowest BCUT2D eigenvalue weighted by molar-refractivity contribution is -0.126. The molecule has 0 saturated carbocycles. The molecule has 1 aliphatic heterocycles. The minimum atomic E-state index is -0.259. The molecule has 3 atom stereocenters. The molecule has 0 bridgehead atoms. The molecular weight excluding hydrogens is 208 g/mol. The molecule has 0 radical (unpaired) electrons. The molecule has 16 heavy (non-hydrogen) atoms. The zero-order valence-electron chi connectivity index (χ0n) is 9.77. The Hall–Kier alpha value is -1.14. The lowest BCUT2D eigenvalue weighted by atomic mass is 10.0. The Bertz CT molecular complexity index is 282. The first-order valence-electron chi connectivity index (χ1n) is 5.51. The lowest BCUT2D eigenvalue weighted by Crippen LogP contribution is -2.45. The fraction of sp³-hybridized carbons (Fsp3) is 0.800. The number of nitrogens with zero attached hydrogens (tertiary/aromatic N) is 1. The Kier molecular flexibility index (Phi) is 4.26. The molecule has 6 heteroatoms. The summed E-state index contributed by atoms with van der Waals surface area (Å²) in [7, 11) is 0. The predicted molar refractivity (Wildman–Crippen MR) is 59.8 cm³/mol. The highest BCUT2D eigenvalue weighted by atomic mass is 16.2. The van der Waals surface area contributed by atoms with Crippen LogP contribution in [0.15, 0.2) is 0 Å². The summed E-state index contributed by atoms with van der Waals surface area (Å²) < 4.78 is 0. The van der Waals surface area contributed by atoms with Gasteiger partial charge in [0, 0.05) is 12.6 Å². The number of rotatable bonds is 4. The molecule has 1 saturated heterocycles. The summed E-state index contributed by atoms with van der Waals surface area (Å²) in [5.74, 6) is 4.36. The molecule has 1 fully saturated rings. The van der Waals surface area contributed by atoms with Crippen molar-refractivity contribution in [1.82, 2.24) is 10.3 Å². The fourth-order valence-electron chi connectivity index (χ4n) is 2.06. The third kappa shape index (κ3) is 2.70. The van der Waals surface area contributed by atoms with E-state index in [-0.39, 0.29) is 29.7 Å². The van der Waals surface area contributed by atoms with E-state index in [2.05, 4.69) is 10.3 Å². The van der Waals surface area contributed by atoms with Gasteiger partial charge in [-0.05, 0) is 19.9 Å². The summed E-state index contributed by atoms with van der Waals surface area (Å²) in [5.41, 5.74) is 7.40. The number of likely N-dealkylation sites (tertiary alicyclic amines) is 1. The van der Waals surface area contributed by atoms with Crippen LogP contribution in [-0.2, 0) is 9.59 Å². The zero-order chi connectivity index (χ0) is 12.3. The minimum absolute atomic E-state index is 0.0629. The lowest BCUT2D eigenvalue weighted by Gasteiger charge is -2.28. The Balaban J connectivity index is 2.53. The first-order valence-corrected chi connectivity index (χ1v) is 5.51. The molecule has 1 aliphatic rings. The minimum Gasteiger partial charge on any atom is -0.369 e. The summed E-state index contributed by atoms with van der Waals surface area (Å²) >= 11 is 0. The second-order valence-electron chi connectivity index (χ2n) is 4.42. The molecule has 1 rings (SSSR count). The van der Waals surface area contributed by atoms with Gasteiger partial charge < -0.3 is 5.73 Å². The molecule has 0 aliphatic carbocycles. The van der Waals surface area contributed by atoms with Crippen molar-refractivity contribution in [2.75, 3.05) is 13.1 Å². The summed E-state index contributed by atoms with van der Waals surface area (Å²) in [4.78, 5) is 24.5. The summed E-state index contributed by atoms with van der Waals surface area (Å²) in [5, 5.41) is 0. The van der Waals surface area contributed by atoms with E-state index in [9.17, 15) is 9.59 Å². The van der Waals surface area contributed by atoms with Crippen molar-refractivity contribution in [3.63, 3.8) is 0 Å². The van der Waals surface area contributed by atoms with Gasteiger partial charge in [0.25, 0.3) is 0 Å². The highest BCUT2D eigenvalue weighted by Gasteiger charge is 2.33. The van der Waals surface area contributed by atoms with Crippen LogP contribution >= 0.6 is 0 Å². The van der Waals surface area contributed by atoms with E-state index < -0.39 is 0 Å². The maximum atomic E-state index is 11.4. The molecule has 1 heterocycles. The molecule has 0 spiro atoms. The number of hydrazine groups is 1. The van der Waals surface area contributed by atoms with Gasteiger partial charge in [-0.25, -0.2) is 5.84 Å². The first-order chi connectivity index (χ1) is 7.47. The van der Waals surface area contributed by atoms with Crippen molar-refractivity contribution in [2.24, 2.45) is 23.4 Å². The van der Waals surface area contributed by atoms with E-state index in [1.54, 1.807) is 0 Å². The normalized spacial score (nSPS) is 25.1. The van der Waals surface area contributed by atoms with Crippen LogP contribution in [0.1, 0.15) is 20.3 Å². The Morgan fingerprint density at radius 3 is 2.50 bits per heavy atom. The summed E-state index contributed by atoms with van der Waals surface area (Å²) in [6.45, 7) is 5.23. The van der Waals surface area contributed by atoms with Gasteiger partial charge in [0.2, 0.25) is 11.8 Å². The van der Waals surface area contributed by atoms with Crippen LogP contribution in [0.4, 0.5) is 0 Å². The van der Waals surface area contributed by atoms with Gasteiger partial charge in [0.1, 0.15) is 0 Å². The fourth-order valence-corrected chi connectivity index (χ4v) is 2.06. The topological polar surface area (TPSA) is 101 Å². The highest BCUT2D eigenvalue weighted by molar-refractivity contribution is 5.78. The van der Waals surface area contributed by atoms with Crippen molar-refractivity contribution in [2.45, 2.75) is 26.3 Å². The molecule has 2 amide bonds. The maximum absolute atomic E-state index is 11.4. The number of carbonyl (C=O) groups excluding carboxylic acids is 2. The Labute approximate surface area is 95.3 Å². The maximum Gasteiger partial charge on any atom is 0.238 e. The van der Waals surface area contributed by atoms with Crippen molar-refractivity contribution in [1.29, 1.82) is 0 Å². The average Bonchev–Trinajstić information content (AvgIpc) is 2.75. The van der Waals surface area contributed by atoms with Crippen LogP contribution in [0, 0.1) is 11.8 Å². The molecule has 6 nitrogen and oxygen atoms in total. The molecule has 92 valence electrons. The van der Waals surface area contributed by atoms with Gasteiger partial charge in [-0.15, -0.1) is 0 Å². The number of carbonyl (C=O) groups is 2. The van der Waals surface area contributed by atoms with Gasteiger partial charge in [0.15, 0.2) is 0 Å². The van der Waals surface area contributed by atoms with Crippen LogP contribution < -0.4 is 17.0 Å². The summed E-state index contributed by atoms with van der Waals surface area (Å²) in [6, 6.07) is 0.0629. The first kappa shape index (κ1) is 12.9. The van der Waals surface area contributed by atoms with Crippen molar-refractivity contribution in [3.05, 3.63) is 0 Å². The van der Waals surface area contributed by atoms with Crippen molar-refractivity contribution < 1.29 is 9.59 Å². The number of hydrogen-bond acceptors (Lipinski definition) is 4. The Morgan fingerprint density at radius 2 is 2.06 bits per heavy atom. The second-order valence-corrected chi connectivity index (χ2v) is 4.42. The quantitative estimate of drug-likeness (QED) is 0.320. The molecule has 0 aromatic rings. The number of hydrogen-bond donors (Lipinski definition) is 3. The third-order valence-electron chi connectivity index (χ3n) is 3.48. The Morgan fingerprint density at radius 1 is 1.44 bits per heavy atom. The largest absolute Gasteiger partial charge is 0.369 e. The molecular formula is C10H20N4O2. The van der Waals surface area contributed by atoms with Crippen LogP contribution in [-0.4, -0.2) is 35.8 Å². The van der Waals surface area contributed by atoms with Crippen LogP contribution in [0.3, 0.4) is 0 Å². The molecule has 0 aromatic carbocycles. The van der Waals surface area contributed by atoms with Gasteiger partial charge in [0.05, 0.1) is 11.8 Å². The molecule has 0 aromatic heterocycles.